The highest BCUT2D eigenvalue weighted by atomic mass is 32.2. The molecule has 3 rings (SSSR count). The highest BCUT2D eigenvalue weighted by Gasteiger charge is 2.21. The van der Waals surface area contributed by atoms with Gasteiger partial charge in [-0.3, -0.25) is 0 Å². The second-order valence-corrected chi connectivity index (χ2v) is 8.63. The van der Waals surface area contributed by atoms with E-state index in [0.717, 1.165) is 11.3 Å². The summed E-state index contributed by atoms with van der Waals surface area (Å²) in [6.45, 7) is 5.51. The summed E-state index contributed by atoms with van der Waals surface area (Å²) in [7, 11) is -3.34. The summed E-state index contributed by atoms with van der Waals surface area (Å²) in [6.07, 6.45) is 0. The molecule has 0 saturated carbocycles. The number of rotatable bonds is 6. The van der Waals surface area contributed by atoms with Gasteiger partial charge in [-0.05, 0) is 43.7 Å². The molecule has 0 bridgehead atoms. The molecule has 3 aromatic rings. The van der Waals surface area contributed by atoms with Gasteiger partial charge >= 0.3 is 5.97 Å². The van der Waals surface area contributed by atoms with E-state index in [4.69, 9.17) is 4.74 Å². The predicted molar refractivity (Wildman–Crippen MR) is 110 cm³/mol. The third kappa shape index (κ3) is 3.73. The Balaban J connectivity index is 2.25. The first-order valence-electron chi connectivity index (χ1n) is 9.17. The van der Waals surface area contributed by atoms with Crippen molar-refractivity contribution < 1.29 is 17.9 Å². The van der Waals surface area contributed by atoms with Crippen LogP contribution in [0.15, 0.2) is 65.6 Å². The molecule has 0 spiro atoms. The van der Waals surface area contributed by atoms with Crippen molar-refractivity contribution in [1.82, 2.24) is 4.57 Å². The maximum absolute atomic E-state index is 12.4. The smallest absolute Gasteiger partial charge is 0.339 e. The zero-order valence-corrected chi connectivity index (χ0v) is 17.0. The van der Waals surface area contributed by atoms with Gasteiger partial charge in [0.25, 0.3) is 0 Å². The van der Waals surface area contributed by atoms with E-state index in [1.807, 2.05) is 47.9 Å². The molecular weight excluding hydrogens is 374 g/mol. The van der Waals surface area contributed by atoms with Gasteiger partial charge in [0.1, 0.15) is 0 Å². The van der Waals surface area contributed by atoms with E-state index in [0.29, 0.717) is 16.9 Å². The van der Waals surface area contributed by atoms with Crippen molar-refractivity contribution in [3.63, 3.8) is 0 Å². The van der Waals surface area contributed by atoms with E-state index < -0.39 is 15.8 Å². The lowest BCUT2D eigenvalue weighted by atomic mass is 10.1. The van der Waals surface area contributed by atoms with Crippen LogP contribution in [0.2, 0.25) is 0 Å². The first-order chi connectivity index (χ1) is 13.4. The number of hydrogen-bond acceptors (Lipinski definition) is 4. The Morgan fingerprint density at radius 3 is 2.36 bits per heavy atom. The van der Waals surface area contributed by atoms with E-state index in [1.165, 1.54) is 0 Å². The number of benzene rings is 2. The van der Waals surface area contributed by atoms with Gasteiger partial charge in [-0.2, -0.15) is 0 Å². The topological polar surface area (TPSA) is 65.4 Å². The Morgan fingerprint density at radius 1 is 1.00 bits per heavy atom. The number of ether oxygens (including phenoxy) is 1. The molecule has 0 amide bonds. The van der Waals surface area contributed by atoms with Crippen molar-refractivity contribution >= 4 is 15.8 Å². The molecular formula is C22H23NO4S. The highest BCUT2D eigenvalue weighted by molar-refractivity contribution is 7.91. The van der Waals surface area contributed by atoms with Gasteiger partial charge in [-0.25, -0.2) is 13.2 Å². The fraction of sp³-hybridized carbons (Fsp3) is 0.227. The summed E-state index contributed by atoms with van der Waals surface area (Å²) in [5.41, 5.74) is 3.56. The highest BCUT2D eigenvalue weighted by Crippen LogP contribution is 2.31. The zero-order chi connectivity index (χ0) is 20.3. The summed E-state index contributed by atoms with van der Waals surface area (Å²) in [5, 5.41) is 0. The number of carbonyl (C=O) groups excluding carboxylic acids is 1. The van der Waals surface area contributed by atoms with Crippen LogP contribution in [-0.2, 0) is 14.6 Å². The van der Waals surface area contributed by atoms with Gasteiger partial charge in [-0.1, -0.05) is 43.3 Å². The lowest BCUT2D eigenvalue weighted by molar-refractivity contribution is 0.0525. The fourth-order valence-corrected chi connectivity index (χ4v) is 4.08. The molecule has 0 aliphatic heterocycles. The zero-order valence-electron chi connectivity index (χ0n) is 16.2. The molecule has 0 aliphatic carbocycles. The summed E-state index contributed by atoms with van der Waals surface area (Å²) in [5.74, 6) is -0.367. The Morgan fingerprint density at radius 2 is 1.71 bits per heavy atom. The normalized spacial score (nSPS) is 11.4. The van der Waals surface area contributed by atoms with Crippen LogP contribution >= 0.6 is 0 Å². The van der Waals surface area contributed by atoms with Gasteiger partial charge < -0.3 is 9.30 Å². The van der Waals surface area contributed by atoms with Crippen LogP contribution in [0.1, 0.15) is 29.9 Å². The first kappa shape index (κ1) is 19.9. The average molecular weight is 397 g/mol. The largest absolute Gasteiger partial charge is 0.462 e. The summed E-state index contributed by atoms with van der Waals surface area (Å²) < 4.78 is 31.8. The van der Waals surface area contributed by atoms with Crippen LogP contribution in [0.5, 0.6) is 0 Å². The van der Waals surface area contributed by atoms with Crippen LogP contribution in [0.25, 0.3) is 16.9 Å². The predicted octanol–water partition coefficient (Wildman–Crippen LogP) is 4.42. The Kier molecular flexibility index (Phi) is 5.70. The average Bonchev–Trinajstić information content (AvgIpc) is 3.06. The molecule has 146 valence electrons. The van der Waals surface area contributed by atoms with Crippen molar-refractivity contribution in [3.05, 3.63) is 71.9 Å². The molecule has 0 atom stereocenters. The van der Waals surface area contributed by atoms with E-state index in [-0.39, 0.29) is 17.3 Å². The number of sulfone groups is 1. The Bertz CT molecular complexity index is 1100. The van der Waals surface area contributed by atoms with Crippen LogP contribution in [0, 0.1) is 6.92 Å². The third-order valence-electron chi connectivity index (χ3n) is 4.63. The molecule has 0 N–H and O–H groups in total. The molecule has 28 heavy (non-hydrogen) atoms. The monoisotopic (exact) mass is 397 g/mol. The van der Waals surface area contributed by atoms with Crippen molar-refractivity contribution in [3.8, 4) is 16.9 Å². The van der Waals surface area contributed by atoms with E-state index >= 15 is 0 Å². The van der Waals surface area contributed by atoms with Crippen LogP contribution in [-0.4, -0.2) is 31.3 Å². The van der Waals surface area contributed by atoms with Gasteiger partial charge in [0.2, 0.25) is 0 Å². The number of nitrogens with zero attached hydrogens (tertiary/aromatic N) is 1. The van der Waals surface area contributed by atoms with Crippen molar-refractivity contribution in [2.75, 3.05) is 12.4 Å². The van der Waals surface area contributed by atoms with Crippen molar-refractivity contribution in [2.24, 2.45) is 0 Å². The standard InChI is InChI=1S/C22H23NO4S/c1-4-27-22(24)20-15-21(17-10-7-6-8-11-17)23(16(20)3)18-12-9-13-19(14-18)28(25,26)5-2/h6-15H,4-5H2,1-3H3. The molecule has 0 aliphatic rings. The molecule has 0 fully saturated rings. The Labute approximate surface area is 165 Å². The number of hydrogen-bond donors (Lipinski definition) is 0. The van der Waals surface area contributed by atoms with E-state index in [9.17, 15) is 13.2 Å². The molecule has 1 heterocycles. The number of aromatic nitrogens is 1. The minimum Gasteiger partial charge on any atom is -0.462 e. The van der Waals surface area contributed by atoms with Crippen LogP contribution in [0.4, 0.5) is 0 Å². The fourth-order valence-electron chi connectivity index (χ4n) is 3.16. The maximum atomic E-state index is 12.4. The molecule has 1 aromatic heterocycles. The van der Waals surface area contributed by atoms with Crippen molar-refractivity contribution in [1.29, 1.82) is 0 Å². The second kappa shape index (κ2) is 8.02. The van der Waals surface area contributed by atoms with Crippen LogP contribution in [0.3, 0.4) is 0 Å². The molecule has 6 heteroatoms. The van der Waals surface area contributed by atoms with E-state index in [1.54, 1.807) is 38.1 Å². The first-order valence-corrected chi connectivity index (χ1v) is 10.8. The summed E-state index contributed by atoms with van der Waals surface area (Å²) in [6, 6.07) is 18.3. The van der Waals surface area contributed by atoms with Crippen LogP contribution < -0.4 is 0 Å². The second-order valence-electron chi connectivity index (χ2n) is 6.35. The molecule has 0 saturated heterocycles. The quantitative estimate of drug-likeness (QED) is 0.578. The minimum atomic E-state index is -3.34. The van der Waals surface area contributed by atoms with Gasteiger partial charge in [-0.15, -0.1) is 0 Å². The van der Waals surface area contributed by atoms with Gasteiger partial charge in [0.05, 0.1) is 28.5 Å². The molecule has 2 aromatic carbocycles. The van der Waals surface area contributed by atoms with Crippen molar-refractivity contribution in [2.45, 2.75) is 25.7 Å². The number of esters is 1. The molecule has 0 radical (unpaired) electrons. The van der Waals surface area contributed by atoms with Gasteiger partial charge in [0.15, 0.2) is 9.84 Å². The Hall–Kier alpha value is -2.86. The lowest BCUT2D eigenvalue weighted by Crippen LogP contribution is -2.08. The van der Waals surface area contributed by atoms with Gasteiger partial charge in [0, 0.05) is 11.4 Å². The third-order valence-corrected chi connectivity index (χ3v) is 6.36. The summed E-state index contributed by atoms with van der Waals surface area (Å²) in [4.78, 5) is 12.7. The molecule has 0 unspecified atom stereocenters. The SMILES string of the molecule is CCOC(=O)c1cc(-c2ccccc2)n(-c2cccc(S(=O)(=O)CC)c2)c1C. The maximum Gasteiger partial charge on any atom is 0.339 e. The van der Waals surface area contributed by atoms with E-state index in [2.05, 4.69) is 0 Å². The summed E-state index contributed by atoms with van der Waals surface area (Å²) >= 11 is 0. The lowest BCUT2D eigenvalue weighted by Gasteiger charge is -2.14. The number of carbonyl (C=O) groups is 1. The molecule has 5 nitrogen and oxygen atoms in total. The minimum absolute atomic E-state index is 0.0285.